The van der Waals surface area contributed by atoms with Crippen LogP contribution in [0.3, 0.4) is 0 Å². The molecule has 0 radical (unpaired) electrons. The third-order valence-corrected chi connectivity index (χ3v) is 3.89. The van der Waals surface area contributed by atoms with Gasteiger partial charge >= 0.3 is 5.97 Å². The van der Waals surface area contributed by atoms with E-state index in [-0.39, 0.29) is 17.8 Å². The number of piperidine rings is 1. The highest BCUT2D eigenvalue weighted by atomic mass is 16.5. The quantitative estimate of drug-likeness (QED) is 0.854. The molecule has 1 aromatic rings. The fourth-order valence-electron chi connectivity index (χ4n) is 2.94. The first kappa shape index (κ1) is 14.9. The molecule has 2 rings (SSSR count). The second-order valence-electron chi connectivity index (χ2n) is 5.41. The summed E-state index contributed by atoms with van der Waals surface area (Å²) >= 11 is 0. The summed E-state index contributed by atoms with van der Waals surface area (Å²) in [6.45, 7) is 3.95. The predicted octanol–water partition coefficient (Wildman–Crippen LogP) is 2.01. The number of para-hydroxylation sites is 1. The van der Waals surface area contributed by atoms with Gasteiger partial charge in [-0.2, -0.15) is 0 Å². The summed E-state index contributed by atoms with van der Waals surface area (Å²) in [5.74, 6) is 0.0527. The van der Waals surface area contributed by atoms with Crippen LogP contribution in [-0.4, -0.2) is 39.8 Å². The molecule has 1 aromatic carbocycles. The summed E-state index contributed by atoms with van der Waals surface area (Å²) in [6.07, 6.45) is 0.967. The molecule has 110 valence electrons. The first-order chi connectivity index (χ1) is 9.65. The van der Waals surface area contributed by atoms with E-state index in [2.05, 4.69) is 22.3 Å². The van der Waals surface area contributed by atoms with Gasteiger partial charge in [0, 0.05) is 32.2 Å². The Balaban J connectivity index is 2.30. The van der Waals surface area contributed by atoms with Crippen LogP contribution in [0.2, 0.25) is 0 Å². The van der Waals surface area contributed by atoms with E-state index in [1.165, 1.54) is 11.3 Å². The zero-order chi connectivity index (χ0) is 14.5. The van der Waals surface area contributed by atoms with Gasteiger partial charge in [0.15, 0.2) is 0 Å². The number of rotatable bonds is 4. The fourth-order valence-corrected chi connectivity index (χ4v) is 2.94. The third-order valence-electron chi connectivity index (χ3n) is 3.89. The largest absolute Gasteiger partial charge is 0.466 e. The molecule has 0 aliphatic carbocycles. The van der Waals surface area contributed by atoms with Gasteiger partial charge in [0.05, 0.1) is 12.5 Å². The van der Waals surface area contributed by atoms with Crippen molar-refractivity contribution in [1.29, 1.82) is 0 Å². The van der Waals surface area contributed by atoms with Crippen molar-refractivity contribution in [2.24, 2.45) is 5.92 Å². The average Bonchev–Trinajstić information content (AvgIpc) is 2.47. The molecule has 0 aromatic heterocycles. The molecule has 1 N–H and O–H groups in total. The maximum atomic E-state index is 12.2. The lowest BCUT2D eigenvalue weighted by atomic mass is 9.80. The Morgan fingerprint density at radius 3 is 2.85 bits per heavy atom. The molecule has 2 atom stereocenters. The maximum absolute atomic E-state index is 12.2. The summed E-state index contributed by atoms with van der Waals surface area (Å²) < 4.78 is 5.24. The summed E-state index contributed by atoms with van der Waals surface area (Å²) in [5.41, 5.74) is 2.44. The molecule has 1 saturated heterocycles. The normalized spacial score (nSPS) is 22.4. The first-order valence-corrected chi connectivity index (χ1v) is 7.28. The lowest BCUT2D eigenvalue weighted by Crippen LogP contribution is -2.40. The van der Waals surface area contributed by atoms with Crippen molar-refractivity contribution in [3.05, 3.63) is 29.8 Å². The summed E-state index contributed by atoms with van der Waals surface area (Å²) in [5, 5.41) is 3.31. The molecule has 0 amide bonds. The number of nitrogens with zero attached hydrogens (tertiary/aromatic N) is 1. The molecule has 4 nitrogen and oxygen atoms in total. The van der Waals surface area contributed by atoms with Crippen molar-refractivity contribution >= 4 is 11.7 Å². The van der Waals surface area contributed by atoms with Gasteiger partial charge in [-0.1, -0.05) is 18.2 Å². The topological polar surface area (TPSA) is 41.6 Å². The Morgan fingerprint density at radius 1 is 1.40 bits per heavy atom. The number of carbonyl (C=O) groups excluding carboxylic acids is 1. The van der Waals surface area contributed by atoms with E-state index < -0.39 is 0 Å². The van der Waals surface area contributed by atoms with E-state index in [9.17, 15) is 4.79 Å². The van der Waals surface area contributed by atoms with Crippen molar-refractivity contribution in [1.82, 2.24) is 5.32 Å². The van der Waals surface area contributed by atoms with Gasteiger partial charge in [0.2, 0.25) is 0 Å². The van der Waals surface area contributed by atoms with Gasteiger partial charge in [-0.3, -0.25) is 4.79 Å². The summed E-state index contributed by atoms with van der Waals surface area (Å²) in [6, 6.07) is 8.34. The van der Waals surface area contributed by atoms with Crippen molar-refractivity contribution in [2.75, 3.05) is 38.7 Å². The van der Waals surface area contributed by atoms with Crippen LogP contribution in [0.5, 0.6) is 0 Å². The Morgan fingerprint density at radius 2 is 2.15 bits per heavy atom. The minimum Gasteiger partial charge on any atom is -0.466 e. The van der Waals surface area contributed by atoms with E-state index in [0.717, 1.165) is 13.0 Å². The molecule has 0 spiro atoms. The Labute approximate surface area is 121 Å². The highest BCUT2D eigenvalue weighted by Crippen LogP contribution is 2.36. The van der Waals surface area contributed by atoms with E-state index in [1.54, 1.807) is 0 Å². The van der Waals surface area contributed by atoms with Crippen molar-refractivity contribution in [3.8, 4) is 0 Å². The SMILES string of the molecule is CCOC(=O)C1CNCCC1c1ccccc1N(C)C. The van der Waals surface area contributed by atoms with Crippen LogP contribution in [0.15, 0.2) is 24.3 Å². The van der Waals surface area contributed by atoms with Crippen LogP contribution >= 0.6 is 0 Å². The van der Waals surface area contributed by atoms with Crippen LogP contribution in [0, 0.1) is 5.92 Å². The van der Waals surface area contributed by atoms with Gasteiger partial charge in [0.1, 0.15) is 0 Å². The minimum atomic E-state index is -0.0928. The number of carbonyl (C=O) groups is 1. The van der Waals surface area contributed by atoms with Crippen LogP contribution in [0.25, 0.3) is 0 Å². The van der Waals surface area contributed by atoms with Gasteiger partial charge < -0.3 is 15.0 Å². The highest BCUT2D eigenvalue weighted by molar-refractivity contribution is 5.75. The molecular formula is C16H24N2O2. The smallest absolute Gasteiger partial charge is 0.310 e. The maximum Gasteiger partial charge on any atom is 0.310 e. The van der Waals surface area contributed by atoms with Crippen molar-refractivity contribution in [3.63, 3.8) is 0 Å². The van der Waals surface area contributed by atoms with Crippen LogP contribution in [-0.2, 0) is 9.53 Å². The molecular weight excluding hydrogens is 252 g/mol. The standard InChI is InChI=1S/C16H24N2O2/c1-4-20-16(19)14-11-17-10-9-12(14)13-7-5-6-8-15(13)18(2)3/h5-8,12,14,17H,4,9-11H2,1-3H3. The minimum absolute atomic E-state index is 0.0849. The molecule has 2 unspecified atom stereocenters. The second-order valence-corrected chi connectivity index (χ2v) is 5.41. The number of nitrogens with one attached hydrogen (secondary N) is 1. The Kier molecular flexibility index (Phi) is 5.01. The molecule has 1 fully saturated rings. The lowest BCUT2D eigenvalue weighted by Gasteiger charge is -2.33. The number of hydrogen-bond donors (Lipinski definition) is 1. The molecule has 1 heterocycles. The number of esters is 1. The van der Waals surface area contributed by atoms with E-state index in [0.29, 0.717) is 13.2 Å². The zero-order valence-corrected chi connectivity index (χ0v) is 12.6. The lowest BCUT2D eigenvalue weighted by molar-refractivity contribution is -0.149. The number of ether oxygens (including phenoxy) is 1. The van der Waals surface area contributed by atoms with Gasteiger partial charge in [0.25, 0.3) is 0 Å². The van der Waals surface area contributed by atoms with E-state index >= 15 is 0 Å². The second kappa shape index (κ2) is 6.75. The summed E-state index contributed by atoms with van der Waals surface area (Å²) in [7, 11) is 4.08. The zero-order valence-electron chi connectivity index (χ0n) is 12.6. The predicted molar refractivity (Wildman–Crippen MR) is 81.1 cm³/mol. The van der Waals surface area contributed by atoms with Crippen LogP contribution < -0.4 is 10.2 Å². The van der Waals surface area contributed by atoms with E-state index in [1.807, 2.05) is 33.2 Å². The average molecular weight is 276 g/mol. The van der Waals surface area contributed by atoms with Gasteiger partial charge in [-0.05, 0) is 31.5 Å². The molecule has 0 bridgehead atoms. The Hall–Kier alpha value is -1.55. The molecule has 4 heteroatoms. The molecule has 1 aliphatic heterocycles. The highest BCUT2D eigenvalue weighted by Gasteiger charge is 2.34. The number of anilines is 1. The summed E-state index contributed by atoms with van der Waals surface area (Å²) in [4.78, 5) is 14.3. The third kappa shape index (κ3) is 3.12. The van der Waals surface area contributed by atoms with E-state index in [4.69, 9.17) is 4.74 Å². The first-order valence-electron chi connectivity index (χ1n) is 7.28. The van der Waals surface area contributed by atoms with Gasteiger partial charge in [-0.15, -0.1) is 0 Å². The molecule has 20 heavy (non-hydrogen) atoms. The van der Waals surface area contributed by atoms with Crippen molar-refractivity contribution in [2.45, 2.75) is 19.3 Å². The number of hydrogen-bond acceptors (Lipinski definition) is 4. The monoisotopic (exact) mass is 276 g/mol. The van der Waals surface area contributed by atoms with Crippen LogP contribution in [0.4, 0.5) is 5.69 Å². The van der Waals surface area contributed by atoms with Crippen LogP contribution in [0.1, 0.15) is 24.8 Å². The Bertz CT molecular complexity index is 460. The molecule has 0 saturated carbocycles. The van der Waals surface area contributed by atoms with Crippen molar-refractivity contribution < 1.29 is 9.53 Å². The fraction of sp³-hybridized carbons (Fsp3) is 0.562. The molecule has 1 aliphatic rings. The van der Waals surface area contributed by atoms with Gasteiger partial charge in [-0.25, -0.2) is 0 Å². The number of benzene rings is 1.